The van der Waals surface area contributed by atoms with Crippen molar-refractivity contribution in [1.29, 1.82) is 0 Å². The summed E-state index contributed by atoms with van der Waals surface area (Å²) in [5, 5.41) is 3.38. The summed E-state index contributed by atoms with van der Waals surface area (Å²) in [5.41, 5.74) is 0. The van der Waals surface area contributed by atoms with E-state index in [0.29, 0.717) is 12.6 Å². The zero-order chi connectivity index (χ0) is 12.4. The Balaban J connectivity index is 1.61. The SMILES string of the molecule is CNC(CCC1CC1)C1COc2ccccc2O1. The number of likely N-dealkylation sites (N-methyl/N-ethyl adjacent to an activating group) is 1. The highest BCUT2D eigenvalue weighted by Crippen LogP contribution is 2.35. The standard InChI is InChI=1S/C15H21NO2/c1-16-12(9-8-11-6-7-11)15-10-17-13-4-2-3-5-14(13)18-15/h2-5,11-12,15-16H,6-10H2,1H3. The smallest absolute Gasteiger partial charge is 0.161 e. The van der Waals surface area contributed by atoms with Crippen molar-refractivity contribution >= 4 is 0 Å². The molecule has 1 fully saturated rings. The summed E-state index contributed by atoms with van der Waals surface area (Å²) in [6.45, 7) is 0.646. The van der Waals surface area contributed by atoms with Gasteiger partial charge in [0.05, 0.1) is 0 Å². The van der Waals surface area contributed by atoms with Gasteiger partial charge in [-0.1, -0.05) is 25.0 Å². The molecule has 2 aliphatic rings. The average molecular weight is 247 g/mol. The van der Waals surface area contributed by atoms with E-state index in [2.05, 4.69) is 5.32 Å². The average Bonchev–Trinajstić information content (AvgIpc) is 3.23. The molecule has 1 heterocycles. The summed E-state index contributed by atoms with van der Waals surface area (Å²) in [5.74, 6) is 2.71. The Morgan fingerprint density at radius 2 is 2.06 bits per heavy atom. The highest BCUT2D eigenvalue weighted by atomic mass is 16.6. The Kier molecular flexibility index (Phi) is 3.41. The molecule has 0 bridgehead atoms. The molecule has 3 rings (SSSR count). The molecular weight excluding hydrogens is 226 g/mol. The Labute approximate surface area is 108 Å². The molecule has 1 N–H and O–H groups in total. The van der Waals surface area contributed by atoms with Crippen molar-refractivity contribution in [2.45, 2.75) is 37.8 Å². The van der Waals surface area contributed by atoms with Gasteiger partial charge < -0.3 is 14.8 Å². The number of rotatable bonds is 5. The maximum Gasteiger partial charge on any atom is 0.161 e. The first-order valence-corrected chi connectivity index (χ1v) is 6.92. The number of fused-ring (bicyclic) bond motifs is 1. The van der Waals surface area contributed by atoms with Crippen molar-refractivity contribution in [1.82, 2.24) is 5.32 Å². The number of ether oxygens (including phenoxy) is 2. The first-order valence-electron chi connectivity index (χ1n) is 6.92. The van der Waals surface area contributed by atoms with Crippen molar-refractivity contribution in [3.63, 3.8) is 0 Å². The fourth-order valence-corrected chi connectivity index (χ4v) is 2.57. The third-order valence-electron chi connectivity index (χ3n) is 3.93. The molecule has 2 unspecified atom stereocenters. The summed E-state index contributed by atoms with van der Waals surface area (Å²) in [6.07, 6.45) is 5.45. The molecule has 98 valence electrons. The number of hydrogen-bond donors (Lipinski definition) is 1. The molecule has 0 amide bonds. The van der Waals surface area contributed by atoms with E-state index in [9.17, 15) is 0 Å². The molecule has 0 saturated heterocycles. The first-order chi connectivity index (χ1) is 8.86. The lowest BCUT2D eigenvalue weighted by Gasteiger charge is -2.32. The van der Waals surface area contributed by atoms with Gasteiger partial charge in [0, 0.05) is 6.04 Å². The maximum atomic E-state index is 6.05. The second-order valence-corrected chi connectivity index (χ2v) is 5.33. The van der Waals surface area contributed by atoms with Crippen LogP contribution in [0.4, 0.5) is 0 Å². The molecule has 0 aromatic heterocycles. The van der Waals surface area contributed by atoms with Crippen molar-refractivity contribution in [2.24, 2.45) is 5.92 Å². The monoisotopic (exact) mass is 247 g/mol. The molecule has 1 aromatic carbocycles. The minimum Gasteiger partial charge on any atom is -0.486 e. The van der Waals surface area contributed by atoms with Crippen molar-refractivity contribution in [3.8, 4) is 11.5 Å². The third kappa shape index (κ3) is 2.61. The van der Waals surface area contributed by atoms with Gasteiger partial charge in [-0.2, -0.15) is 0 Å². The second-order valence-electron chi connectivity index (χ2n) is 5.33. The molecular formula is C15H21NO2. The Hall–Kier alpha value is -1.22. The quantitative estimate of drug-likeness (QED) is 0.867. The van der Waals surface area contributed by atoms with Crippen LogP contribution in [0.2, 0.25) is 0 Å². The van der Waals surface area contributed by atoms with Crippen molar-refractivity contribution in [2.75, 3.05) is 13.7 Å². The summed E-state index contributed by atoms with van der Waals surface area (Å²) in [7, 11) is 2.02. The summed E-state index contributed by atoms with van der Waals surface area (Å²) in [4.78, 5) is 0. The zero-order valence-electron chi connectivity index (χ0n) is 10.9. The predicted molar refractivity (Wildman–Crippen MR) is 71.2 cm³/mol. The van der Waals surface area contributed by atoms with Gasteiger partial charge in [-0.25, -0.2) is 0 Å². The zero-order valence-corrected chi connectivity index (χ0v) is 10.9. The summed E-state index contributed by atoms with van der Waals surface area (Å²) < 4.78 is 11.8. The van der Waals surface area contributed by atoms with Gasteiger partial charge >= 0.3 is 0 Å². The van der Waals surface area contributed by atoms with E-state index >= 15 is 0 Å². The predicted octanol–water partition coefficient (Wildman–Crippen LogP) is 2.60. The molecule has 1 saturated carbocycles. The van der Waals surface area contributed by atoms with Gasteiger partial charge in [0.15, 0.2) is 11.5 Å². The minimum atomic E-state index is 0.128. The molecule has 1 aliphatic carbocycles. The molecule has 2 atom stereocenters. The summed E-state index contributed by atoms with van der Waals surface area (Å²) in [6, 6.07) is 8.30. The Morgan fingerprint density at radius 3 is 2.78 bits per heavy atom. The van der Waals surface area contributed by atoms with Crippen molar-refractivity contribution in [3.05, 3.63) is 24.3 Å². The number of para-hydroxylation sites is 2. The number of nitrogens with one attached hydrogen (secondary N) is 1. The maximum absolute atomic E-state index is 6.05. The van der Waals surface area contributed by atoms with Crippen LogP contribution in [0.5, 0.6) is 11.5 Å². The Morgan fingerprint density at radius 1 is 1.28 bits per heavy atom. The van der Waals surface area contributed by atoms with E-state index in [1.165, 1.54) is 25.7 Å². The third-order valence-corrected chi connectivity index (χ3v) is 3.93. The highest BCUT2D eigenvalue weighted by molar-refractivity contribution is 5.40. The topological polar surface area (TPSA) is 30.5 Å². The van der Waals surface area contributed by atoms with Gasteiger partial charge in [-0.3, -0.25) is 0 Å². The second kappa shape index (κ2) is 5.19. The van der Waals surface area contributed by atoms with E-state index in [1.54, 1.807) is 0 Å². The van der Waals surface area contributed by atoms with E-state index in [1.807, 2.05) is 31.3 Å². The Bertz CT molecular complexity index is 403. The lowest BCUT2D eigenvalue weighted by Crippen LogP contribution is -2.46. The van der Waals surface area contributed by atoms with Crippen LogP contribution in [0.15, 0.2) is 24.3 Å². The van der Waals surface area contributed by atoms with Gasteiger partial charge in [0.2, 0.25) is 0 Å². The largest absolute Gasteiger partial charge is 0.486 e. The van der Waals surface area contributed by atoms with Crippen LogP contribution < -0.4 is 14.8 Å². The normalized spacial score (nSPS) is 23.7. The van der Waals surface area contributed by atoms with Crippen LogP contribution in [0.3, 0.4) is 0 Å². The summed E-state index contributed by atoms with van der Waals surface area (Å²) >= 11 is 0. The lowest BCUT2D eigenvalue weighted by atomic mass is 10.0. The highest BCUT2D eigenvalue weighted by Gasteiger charge is 2.30. The van der Waals surface area contributed by atoms with Gasteiger partial charge in [-0.15, -0.1) is 0 Å². The van der Waals surface area contributed by atoms with E-state index < -0.39 is 0 Å². The van der Waals surface area contributed by atoms with Gasteiger partial charge in [-0.05, 0) is 37.9 Å². The van der Waals surface area contributed by atoms with E-state index in [4.69, 9.17) is 9.47 Å². The van der Waals surface area contributed by atoms with Crippen LogP contribution in [-0.2, 0) is 0 Å². The van der Waals surface area contributed by atoms with E-state index in [0.717, 1.165) is 17.4 Å². The molecule has 3 heteroatoms. The molecule has 0 radical (unpaired) electrons. The van der Waals surface area contributed by atoms with Crippen molar-refractivity contribution < 1.29 is 9.47 Å². The molecule has 3 nitrogen and oxygen atoms in total. The van der Waals surface area contributed by atoms with Crippen LogP contribution >= 0.6 is 0 Å². The van der Waals surface area contributed by atoms with Crippen LogP contribution in [0, 0.1) is 5.92 Å². The van der Waals surface area contributed by atoms with Gasteiger partial charge in [0.1, 0.15) is 12.7 Å². The lowest BCUT2D eigenvalue weighted by molar-refractivity contribution is 0.0607. The number of benzene rings is 1. The molecule has 1 aliphatic heterocycles. The molecule has 1 aromatic rings. The van der Waals surface area contributed by atoms with E-state index in [-0.39, 0.29) is 6.10 Å². The molecule has 0 spiro atoms. The van der Waals surface area contributed by atoms with Crippen LogP contribution in [0.25, 0.3) is 0 Å². The fourth-order valence-electron chi connectivity index (χ4n) is 2.57. The number of hydrogen-bond acceptors (Lipinski definition) is 3. The van der Waals surface area contributed by atoms with Crippen LogP contribution in [0.1, 0.15) is 25.7 Å². The first kappa shape index (κ1) is 11.8. The molecule has 18 heavy (non-hydrogen) atoms. The fraction of sp³-hybridized carbons (Fsp3) is 0.600. The van der Waals surface area contributed by atoms with Crippen LogP contribution in [-0.4, -0.2) is 25.8 Å². The minimum absolute atomic E-state index is 0.128. The van der Waals surface area contributed by atoms with Gasteiger partial charge in [0.25, 0.3) is 0 Å².